The molecule has 0 amide bonds. The van der Waals surface area contributed by atoms with Crippen molar-refractivity contribution in [2.45, 2.75) is 79.2 Å². The Balaban J connectivity index is 2.71. The first-order chi connectivity index (χ1) is 12.1. The van der Waals surface area contributed by atoms with Crippen LogP contribution in [-0.4, -0.2) is 37.0 Å². The van der Waals surface area contributed by atoms with Crippen molar-refractivity contribution in [3.63, 3.8) is 0 Å². The van der Waals surface area contributed by atoms with E-state index >= 15 is 0 Å². The van der Waals surface area contributed by atoms with Gasteiger partial charge in [-0.1, -0.05) is 27.7 Å². The molecule has 0 saturated heterocycles. The largest absolute Gasteiger partial charge is 0.388 e. The Morgan fingerprint density at radius 2 is 1.69 bits per heavy atom. The zero-order chi connectivity index (χ0) is 19.9. The Labute approximate surface area is 158 Å². The summed E-state index contributed by atoms with van der Waals surface area (Å²) in [5.41, 5.74) is 0.965. The van der Waals surface area contributed by atoms with Gasteiger partial charge in [-0.05, 0) is 51.0 Å². The Bertz CT molecular complexity index is 540. The molecular weight excluding hydrogens is 328 g/mol. The van der Waals surface area contributed by atoms with E-state index in [1.165, 1.54) is 0 Å². The molecule has 0 aromatic rings. The maximum Gasteiger partial charge on any atom is 0.168 e. The number of ketones is 3. The van der Waals surface area contributed by atoms with Gasteiger partial charge in [-0.25, -0.2) is 0 Å². The molecule has 1 fully saturated rings. The molecule has 2 N–H and O–H groups in total. The van der Waals surface area contributed by atoms with Crippen molar-refractivity contribution in [3.05, 3.63) is 11.3 Å². The maximum atomic E-state index is 12.6. The Morgan fingerprint density at radius 1 is 1.12 bits per heavy atom. The smallest absolute Gasteiger partial charge is 0.168 e. The van der Waals surface area contributed by atoms with Gasteiger partial charge in [0.1, 0.15) is 5.78 Å². The predicted octanol–water partition coefficient (Wildman–Crippen LogP) is 3.18. The number of hydrogen-bond acceptors (Lipinski definition) is 5. The summed E-state index contributed by atoms with van der Waals surface area (Å²) in [7, 11) is 1.80. The highest BCUT2D eigenvalue weighted by Gasteiger charge is 2.37. The van der Waals surface area contributed by atoms with Crippen molar-refractivity contribution in [2.24, 2.45) is 11.3 Å². The molecule has 0 aliphatic heterocycles. The monoisotopic (exact) mass is 364 g/mol. The van der Waals surface area contributed by atoms with Gasteiger partial charge in [-0.2, -0.15) is 0 Å². The minimum absolute atomic E-state index is 0.0266. The first kappa shape index (κ1) is 22.6. The van der Waals surface area contributed by atoms with E-state index in [0.717, 1.165) is 25.0 Å². The number of nitrogens with one attached hydrogen (secondary N) is 2. The van der Waals surface area contributed by atoms with Gasteiger partial charge in [0.05, 0.1) is 11.6 Å². The fourth-order valence-corrected chi connectivity index (χ4v) is 3.54. The zero-order valence-electron chi connectivity index (χ0n) is 17.3. The van der Waals surface area contributed by atoms with E-state index in [2.05, 4.69) is 24.5 Å². The fourth-order valence-electron chi connectivity index (χ4n) is 3.54. The van der Waals surface area contributed by atoms with Crippen LogP contribution < -0.4 is 10.6 Å². The van der Waals surface area contributed by atoms with Crippen LogP contribution in [0.5, 0.6) is 0 Å². The normalized spacial score (nSPS) is 18.2. The number of carbonyl (C=O) groups excluding carboxylic acids is 3. The molecule has 1 atom stereocenters. The average Bonchev–Trinajstić information content (AvgIpc) is 2.47. The minimum Gasteiger partial charge on any atom is -0.388 e. The van der Waals surface area contributed by atoms with Gasteiger partial charge < -0.3 is 10.6 Å². The lowest BCUT2D eigenvalue weighted by molar-refractivity contribution is -0.127. The first-order valence-electron chi connectivity index (χ1n) is 9.78. The van der Waals surface area contributed by atoms with Crippen molar-refractivity contribution >= 4 is 17.3 Å². The third-order valence-corrected chi connectivity index (χ3v) is 4.85. The van der Waals surface area contributed by atoms with E-state index in [1.807, 2.05) is 13.8 Å². The number of allylic oxidation sites excluding steroid dienone is 2. The van der Waals surface area contributed by atoms with E-state index < -0.39 is 0 Å². The van der Waals surface area contributed by atoms with Gasteiger partial charge in [-0.3, -0.25) is 14.4 Å². The summed E-state index contributed by atoms with van der Waals surface area (Å²) < 4.78 is 0. The number of Topliss-reactive ketones (excluding diaryl/α,β-unsaturated/α-hetero) is 3. The predicted molar refractivity (Wildman–Crippen MR) is 105 cm³/mol. The molecule has 1 aliphatic carbocycles. The first-order valence-corrected chi connectivity index (χ1v) is 9.78. The van der Waals surface area contributed by atoms with Crippen LogP contribution in [0.1, 0.15) is 73.1 Å². The second-order valence-corrected chi connectivity index (χ2v) is 8.69. The molecule has 26 heavy (non-hydrogen) atoms. The van der Waals surface area contributed by atoms with Gasteiger partial charge >= 0.3 is 0 Å². The Hall–Kier alpha value is -1.49. The third kappa shape index (κ3) is 7.02. The molecule has 1 aliphatic rings. The number of hydrogen-bond donors (Lipinski definition) is 2. The van der Waals surface area contributed by atoms with Crippen molar-refractivity contribution in [1.82, 2.24) is 10.6 Å². The van der Waals surface area contributed by atoms with Crippen LogP contribution in [-0.2, 0) is 14.4 Å². The molecule has 1 rings (SSSR count). The van der Waals surface area contributed by atoms with Crippen molar-refractivity contribution < 1.29 is 14.4 Å². The van der Waals surface area contributed by atoms with Gasteiger partial charge in [0.25, 0.3) is 0 Å². The van der Waals surface area contributed by atoms with Crippen LogP contribution in [0.15, 0.2) is 11.3 Å². The summed E-state index contributed by atoms with van der Waals surface area (Å²) >= 11 is 0. The second kappa shape index (κ2) is 10.0. The summed E-state index contributed by atoms with van der Waals surface area (Å²) in [6.07, 6.45) is 4.18. The topological polar surface area (TPSA) is 75.3 Å². The molecule has 0 bridgehead atoms. The summed E-state index contributed by atoms with van der Waals surface area (Å²) in [4.78, 5) is 36.6. The highest BCUT2D eigenvalue weighted by Crippen LogP contribution is 2.35. The summed E-state index contributed by atoms with van der Waals surface area (Å²) in [5.74, 6) is 0.471. The van der Waals surface area contributed by atoms with Crippen LogP contribution >= 0.6 is 0 Å². The molecule has 148 valence electrons. The fraction of sp³-hybridized carbons (Fsp3) is 0.762. The van der Waals surface area contributed by atoms with Crippen LogP contribution in [0, 0.1) is 11.3 Å². The lowest BCUT2D eigenvalue weighted by Gasteiger charge is -2.30. The van der Waals surface area contributed by atoms with E-state index in [1.54, 1.807) is 14.0 Å². The molecule has 0 aromatic heterocycles. The van der Waals surface area contributed by atoms with Crippen molar-refractivity contribution in [1.29, 1.82) is 0 Å². The molecule has 0 radical (unpaired) electrons. The SMILES string of the molecule is CNC(CCCCNC(CC(C)C)=C1C(=O)CC(C)(C)CC1=O)C(C)=O. The maximum absolute atomic E-state index is 12.6. The van der Waals surface area contributed by atoms with Crippen LogP contribution in [0.3, 0.4) is 0 Å². The molecule has 5 nitrogen and oxygen atoms in total. The van der Waals surface area contributed by atoms with Gasteiger partial charge in [0.15, 0.2) is 11.6 Å². The Morgan fingerprint density at radius 3 is 2.15 bits per heavy atom. The number of carbonyl (C=O) groups is 3. The summed E-state index contributed by atoms with van der Waals surface area (Å²) in [6.45, 7) is 10.4. The van der Waals surface area contributed by atoms with E-state index in [0.29, 0.717) is 37.3 Å². The van der Waals surface area contributed by atoms with E-state index in [9.17, 15) is 14.4 Å². The lowest BCUT2D eigenvalue weighted by atomic mass is 9.73. The van der Waals surface area contributed by atoms with Gasteiger partial charge in [0.2, 0.25) is 0 Å². The van der Waals surface area contributed by atoms with Gasteiger partial charge in [-0.15, -0.1) is 0 Å². The van der Waals surface area contributed by atoms with Crippen LogP contribution in [0.25, 0.3) is 0 Å². The van der Waals surface area contributed by atoms with Crippen LogP contribution in [0.4, 0.5) is 0 Å². The summed E-state index contributed by atoms with van der Waals surface area (Å²) in [6, 6.07) is -0.0905. The number of unbranched alkanes of at least 4 members (excludes halogenated alkanes) is 1. The number of rotatable bonds is 10. The number of likely N-dealkylation sites (N-methyl/N-ethyl adjacent to an activating group) is 1. The molecule has 0 aromatic carbocycles. The molecule has 1 unspecified atom stereocenters. The van der Waals surface area contributed by atoms with E-state index in [-0.39, 0.29) is 28.8 Å². The Kier molecular flexibility index (Phi) is 8.68. The highest BCUT2D eigenvalue weighted by atomic mass is 16.2. The molecule has 1 saturated carbocycles. The van der Waals surface area contributed by atoms with E-state index in [4.69, 9.17) is 0 Å². The zero-order valence-corrected chi connectivity index (χ0v) is 17.3. The van der Waals surface area contributed by atoms with Gasteiger partial charge in [0, 0.05) is 25.1 Å². The summed E-state index contributed by atoms with van der Waals surface area (Å²) in [5, 5.41) is 6.39. The van der Waals surface area contributed by atoms with Crippen molar-refractivity contribution in [3.8, 4) is 0 Å². The van der Waals surface area contributed by atoms with Crippen molar-refractivity contribution in [2.75, 3.05) is 13.6 Å². The quantitative estimate of drug-likeness (QED) is 0.354. The molecule has 0 spiro atoms. The lowest BCUT2D eigenvalue weighted by Crippen LogP contribution is -2.35. The highest BCUT2D eigenvalue weighted by molar-refractivity contribution is 6.22. The molecule has 5 heteroatoms. The third-order valence-electron chi connectivity index (χ3n) is 4.85. The van der Waals surface area contributed by atoms with Crippen LogP contribution in [0.2, 0.25) is 0 Å². The second-order valence-electron chi connectivity index (χ2n) is 8.69. The molecule has 0 heterocycles. The standard InChI is InChI=1S/C21H36N2O3/c1-14(2)11-17(20-18(25)12-21(4,5)13-19(20)26)23-10-8-7-9-16(22-6)15(3)24/h14,16,22-23H,7-13H2,1-6H3. The average molecular weight is 365 g/mol. The molecular formula is C21H36N2O3. The minimum atomic E-state index is -0.241.